The van der Waals surface area contributed by atoms with Crippen LogP contribution in [0.4, 0.5) is 0 Å². The summed E-state index contributed by atoms with van der Waals surface area (Å²) in [6.45, 7) is 5.65. The molecule has 126 valence electrons. The van der Waals surface area contributed by atoms with Gasteiger partial charge >= 0.3 is 0 Å². The minimum atomic E-state index is 0.0481. The van der Waals surface area contributed by atoms with Crippen LogP contribution in [-0.4, -0.2) is 24.9 Å². The topological polar surface area (TPSA) is 52.2 Å². The normalized spacial score (nSPS) is 11.4. The third-order valence-corrected chi connectivity index (χ3v) is 5.24. The van der Waals surface area contributed by atoms with E-state index in [0.29, 0.717) is 5.56 Å². The molecular formula is C19H18N4OS. The minimum Gasteiger partial charge on any atom is -0.304 e. The number of Topliss-reactive ketones (excluding diaryl/α,β-unsaturated/α-hetero) is 1. The number of hydrogen-bond donors (Lipinski definition) is 0. The Kier molecular flexibility index (Phi) is 3.58. The van der Waals surface area contributed by atoms with Crippen molar-refractivity contribution >= 4 is 22.8 Å². The first-order valence-corrected chi connectivity index (χ1v) is 8.97. The standard InChI is InChI=1S/C19H18N4OS/c1-11-15(8-22(4)21-11)16-9-25-10-17(16)19-12(2)23-6-5-14(13(3)24)7-18(23)20-19/h5-10H,1-4H3. The third kappa shape index (κ3) is 2.49. The molecule has 0 aliphatic heterocycles. The molecule has 4 aromatic rings. The minimum absolute atomic E-state index is 0.0481. The van der Waals surface area contributed by atoms with E-state index < -0.39 is 0 Å². The molecule has 6 heteroatoms. The maximum Gasteiger partial charge on any atom is 0.159 e. The number of fused-ring (bicyclic) bond motifs is 1. The Balaban J connectivity index is 1.91. The van der Waals surface area contributed by atoms with Crippen molar-refractivity contribution in [1.82, 2.24) is 19.2 Å². The van der Waals surface area contributed by atoms with Gasteiger partial charge in [0.1, 0.15) is 5.65 Å². The second-order valence-corrected chi connectivity index (χ2v) is 6.99. The highest BCUT2D eigenvalue weighted by Gasteiger charge is 2.18. The summed E-state index contributed by atoms with van der Waals surface area (Å²) in [6, 6.07) is 3.69. The van der Waals surface area contributed by atoms with Crippen LogP contribution in [0.1, 0.15) is 28.7 Å². The van der Waals surface area contributed by atoms with Crippen molar-refractivity contribution in [3.8, 4) is 22.4 Å². The van der Waals surface area contributed by atoms with Crippen LogP contribution < -0.4 is 0 Å². The van der Waals surface area contributed by atoms with Crippen molar-refractivity contribution in [2.75, 3.05) is 0 Å². The SMILES string of the molecule is CC(=O)c1ccn2c(C)c(-c3cscc3-c3cn(C)nc3C)nc2c1. The summed E-state index contributed by atoms with van der Waals surface area (Å²) in [5, 5.41) is 8.73. The van der Waals surface area contributed by atoms with E-state index in [4.69, 9.17) is 4.98 Å². The lowest BCUT2D eigenvalue weighted by Crippen LogP contribution is -1.94. The maximum absolute atomic E-state index is 11.6. The van der Waals surface area contributed by atoms with Gasteiger partial charge in [0, 0.05) is 52.8 Å². The Labute approximate surface area is 149 Å². The molecule has 0 aromatic carbocycles. The number of hydrogen-bond acceptors (Lipinski definition) is 4. The second-order valence-electron chi connectivity index (χ2n) is 6.25. The van der Waals surface area contributed by atoms with Crippen molar-refractivity contribution < 1.29 is 4.79 Å². The molecule has 0 amide bonds. The first-order chi connectivity index (χ1) is 12.0. The van der Waals surface area contributed by atoms with Crippen LogP contribution in [0, 0.1) is 13.8 Å². The van der Waals surface area contributed by atoms with Gasteiger partial charge in [0.2, 0.25) is 0 Å². The lowest BCUT2D eigenvalue weighted by molar-refractivity contribution is 0.101. The first-order valence-electron chi connectivity index (χ1n) is 8.02. The fourth-order valence-electron chi connectivity index (χ4n) is 3.19. The molecule has 4 heterocycles. The van der Waals surface area contributed by atoms with Crippen molar-refractivity contribution in [2.45, 2.75) is 20.8 Å². The number of ketones is 1. The predicted molar refractivity (Wildman–Crippen MR) is 100 cm³/mol. The van der Waals surface area contributed by atoms with Gasteiger partial charge in [-0.15, -0.1) is 0 Å². The molecule has 0 aliphatic carbocycles. The Morgan fingerprint density at radius 1 is 1.16 bits per heavy atom. The molecule has 0 atom stereocenters. The van der Waals surface area contributed by atoms with Gasteiger partial charge in [0.15, 0.2) is 5.78 Å². The molecule has 25 heavy (non-hydrogen) atoms. The smallest absolute Gasteiger partial charge is 0.159 e. The summed E-state index contributed by atoms with van der Waals surface area (Å²) >= 11 is 1.66. The Bertz CT molecular complexity index is 1120. The highest BCUT2D eigenvalue weighted by Crippen LogP contribution is 2.37. The Hall–Kier alpha value is -2.73. The zero-order valence-electron chi connectivity index (χ0n) is 14.6. The van der Waals surface area contributed by atoms with Crippen LogP contribution in [0.2, 0.25) is 0 Å². The van der Waals surface area contributed by atoms with Crippen LogP contribution >= 0.6 is 11.3 Å². The molecule has 0 saturated heterocycles. The van der Waals surface area contributed by atoms with E-state index in [1.165, 1.54) is 0 Å². The molecule has 0 N–H and O–H groups in total. The maximum atomic E-state index is 11.6. The molecule has 0 spiro atoms. The van der Waals surface area contributed by atoms with E-state index >= 15 is 0 Å². The number of rotatable bonds is 3. The number of carbonyl (C=O) groups excluding carboxylic acids is 1. The summed E-state index contributed by atoms with van der Waals surface area (Å²) in [7, 11) is 1.93. The monoisotopic (exact) mass is 350 g/mol. The fourth-order valence-corrected chi connectivity index (χ4v) is 4.03. The molecule has 0 saturated carbocycles. The first kappa shape index (κ1) is 15.8. The van der Waals surface area contributed by atoms with E-state index in [1.807, 2.05) is 47.6 Å². The summed E-state index contributed by atoms with van der Waals surface area (Å²) in [5.41, 5.74) is 7.85. The number of carbonyl (C=O) groups is 1. The molecule has 5 nitrogen and oxygen atoms in total. The Morgan fingerprint density at radius 2 is 1.92 bits per heavy atom. The van der Waals surface area contributed by atoms with Crippen LogP contribution in [-0.2, 0) is 7.05 Å². The average molecular weight is 350 g/mol. The van der Waals surface area contributed by atoms with Crippen LogP contribution in [0.3, 0.4) is 0 Å². The van der Waals surface area contributed by atoms with Crippen LogP contribution in [0.25, 0.3) is 28.0 Å². The summed E-state index contributed by atoms with van der Waals surface area (Å²) in [4.78, 5) is 16.5. The molecule has 0 unspecified atom stereocenters. The van der Waals surface area contributed by atoms with E-state index in [-0.39, 0.29) is 5.78 Å². The zero-order chi connectivity index (χ0) is 17.7. The molecule has 0 aliphatic rings. The van der Waals surface area contributed by atoms with Crippen LogP contribution in [0.5, 0.6) is 0 Å². The van der Waals surface area contributed by atoms with E-state index in [9.17, 15) is 4.79 Å². The van der Waals surface area contributed by atoms with Gasteiger partial charge in [-0.05, 0) is 38.3 Å². The van der Waals surface area contributed by atoms with Crippen molar-refractivity contribution in [1.29, 1.82) is 0 Å². The number of aromatic nitrogens is 4. The molecule has 0 fully saturated rings. The highest BCUT2D eigenvalue weighted by atomic mass is 32.1. The van der Waals surface area contributed by atoms with Gasteiger partial charge in [-0.3, -0.25) is 9.48 Å². The fraction of sp³-hybridized carbons (Fsp3) is 0.211. The van der Waals surface area contributed by atoms with Gasteiger partial charge in [-0.1, -0.05) is 0 Å². The molecule has 4 aromatic heterocycles. The van der Waals surface area contributed by atoms with Crippen molar-refractivity contribution in [3.05, 3.63) is 52.2 Å². The summed E-state index contributed by atoms with van der Waals surface area (Å²) in [6.07, 6.45) is 3.96. The number of nitrogens with zero attached hydrogens (tertiary/aromatic N) is 4. The Morgan fingerprint density at radius 3 is 2.60 bits per heavy atom. The van der Waals surface area contributed by atoms with Gasteiger partial charge in [0.05, 0.1) is 11.4 Å². The van der Waals surface area contributed by atoms with Crippen LogP contribution in [0.15, 0.2) is 35.3 Å². The summed E-state index contributed by atoms with van der Waals surface area (Å²) in [5.74, 6) is 0.0481. The average Bonchev–Trinajstić information content (AvgIpc) is 3.24. The van der Waals surface area contributed by atoms with Crippen molar-refractivity contribution in [2.24, 2.45) is 7.05 Å². The lowest BCUT2D eigenvalue weighted by atomic mass is 10.0. The quantitative estimate of drug-likeness (QED) is 0.518. The van der Waals surface area contributed by atoms with Gasteiger partial charge in [-0.25, -0.2) is 4.98 Å². The number of pyridine rings is 1. The third-order valence-electron chi connectivity index (χ3n) is 4.49. The zero-order valence-corrected chi connectivity index (χ0v) is 15.4. The molecule has 4 rings (SSSR count). The predicted octanol–water partition coefficient (Wildman–Crippen LogP) is 4.28. The largest absolute Gasteiger partial charge is 0.304 e. The van der Waals surface area contributed by atoms with E-state index in [0.717, 1.165) is 39.4 Å². The lowest BCUT2D eigenvalue weighted by Gasteiger charge is -2.02. The van der Waals surface area contributed by atoms with Crippen molar-refractivity contribution in [3.63, 3.8) is 0 Å². The summed E-state index contributed by atoms with van der Waals surface area (Å²) < 4.78 is 3.86. The van der Waals surface area contributed by atoms with Gasteiger partial charge in [-0.2, -0.15) is 16.4 Å². The van der Waals surface area contributed by atoms with Gasteiger partial charge < -0.3 is 4.40 Å². The molecule has 0 radical (unpaired) electrons. The number of imidazole rings is 1. The van der Waals surface area contributed by atoms with Gasteiger partial charge in [0.25, 0.3) is 0 Å². The van der Waals surface area contributed by atoms with E-state index in [2.05, 4.69) is 22.8 Å². The highest BCUT2D eigenvalue weighted by molar-refractivity contribution is 7.08. The molecular weight excluding hydrogens is 332 g/mol. The molecule has 0 bridgehead atoms. The number of aryl methyl sites for hydroxylation is 3. The number of thiophene rings is 1. The second kappa shape index (κ2) is 5.67. The van der Waals surface area contributed by atoms with E-state index in [1.54, 1.807) is 18.3 Å².